The van der Waals surface area contributed by atoms with E-state index in [4.69, 9.17) is 0 Å². The Labute approximate surface area is 171 Å². The fourth-order valence-corrected chi connectivity index (χ4v) is 2.59. The zero-order chi connectivity index (χ0) is 18.6. The van der Waals surface area contributed by atoms with Gasteiger partial charge in [0.05, 0.1) is 12.0 Å². The fraction of sp³-hybridized carbons (Fsp3) is 0.333. The molecular weight excluding hydrogens is 392 g/mol. The molecule has 1 heterocycles. The van der Waals surface area contributed by atoms with E-state index >= 15 is 0 Å². The van der Waals surface area contributed by atoms with Crippen LogP contribution in [0, 0.1) is 0 Å². The molecule has 1 aliphatic rings. The molecule has 2 aromatic carbocycles. The van der Waals surface area contributed by atoms with Crippen molar-refractivity contribution in [2.75, 3.05) is 13.1 Å². The average Bonchev–Trinajstić information content (AvgIpc) is 2.69. The van der Waals surface area contributed by atoms with Gasteiger partial charge in [-0.15, -0.1) is 5.75 Å². The molecule has 0 unspecified atom stereocenters. The first-order chi connectivity index (χ1) is 12.7. The van der Waals surface area contributed by atoms with Gasteiger partial charge < -0.3 is 20.3 Å². The summed E-state index contributed by atoms with van der Waals surface area (Å²) in [4.78, 5) is 15.1. The molecule has 2 aromatic rings. The van der Waals surface area contributed by atoms with E-state index < -0.39 is 12.0 Å². The van der Waals surface area contributed by atoms with E-state index in [9.17, 15) is 15.0 Å². The van der Waals surface area contributed by atoms with E-state index in [1.807, 2.05) is 30.3 Å². The number of hydrogen-bond acceptors (Lipinski definition) is 5. The van der Waals surface area contributed by atoms with E-state index in [0.717, 1.165) is 5.56 Å². The summed E-state index contributed by atoms with van der Waals surface area (Å²) in [6, 6.07) is 14.5. The summed E-state index contributed by atoms with van der Waals surface area (Å²) in [6.07, 6.45) is 5.75. The van der Waals surface area contributed by atoms with Crippen LogP contribution < -0.4 is 15.5 Å². The number of piperidine rings is 1. The SMILES string of the molecule is C1CCNCC1.O=C([O-])[C@H](Cc1ccccc1)N=Cc1ccccc1[O-].[Cu+2]. The Balaban J connectivity index is 0.000000444. The molecule has 0 bridgehead atoms. The molecule has 1 atom stereocenters. The Morgan fingerprint density at radius 2 is 1.67 bits per heavy atom. The second-order valence-corrected chi connectivity index (χ2v) is 6.15. The summed E-state index contributed by atoms with van der Waals surface area (Å²) >= 11 is 0. The number of benzene rings is 2. The first kappa shape index (κ1) is 22.9. The predicted molar refractivity (Wildman–Crippen MR) is 99.1 cm³/mol. The molecule has 1 radical (unpaired) electrons. The zero-order valence-electron chi connectivity index (χ0n) is 15.1. The van der Waals surface area contributed by atoms with Crippen molar-refractivity contribution in [3.63, 3.8) is 0 Å². The summed E-state index contributed by atoms with van der Waals surface area (Å²) in [6.45, 7) is 2.50. The van der Waals surface area contributed by atoms with Gasteiger partial charge in [0.1, 0.15) is 0 Å². The first-order valence-corrected chi connectivity index (χ1v) is 8.91. The molecule has 1 fully saturated rings. The Morgan fingerprint density at radius 1 is 1.04 bits per heavy atom. The van der Waals surface area contributed by atoms with Crippen LogP contribution in [0.1, 0.15) is 30.4 Å². The fourth-order valence-electron chi connectivity index (χ4n) is 2.59. The van der Waals surface area contributed by atoms with Crippen LogP contribution >= 0.6 is 0 Å². The summed E-state index contributed by atoms with van der Waals surface area (Å²) in [5, 5.41) is 25.9. The predicted octanol–water partition coefficient (Wildman–Crippen LogP) is 1.30. The molecule has 0 amide bonds. The van der Waals surface area contributed by atoms with Crippen LogP contribution in [0.3, 0.4) is 0 Å². The number of para-hydroxylation sites is 1. The van der Waals surface area contributed by atoms with Gasteiger partial charge in [-0.25, -0.2) is 0 Å². The molecule has 0 saturated carbocycles. The van der Waals surface area contributed by atoms with E-state index in [2.05, 4.69) is 10.3 Å². The summed E-state index contributed by atoms with van der Waals surface area (Å²) in [7, 11) is 0. The maximum absolute atomic E-state index is 11.5. The number of aliphatic imine (C=N–C) groups is 1. The Hall–Kier alpha value is -2.14. The molecule has 147 valence electrons. The number of nitrogens with zero attached hydrogens (tertiary/aromatic N) is 1. The standard InChI is InChI=1S/C16H15NO3.C5H11N.Cu/c18-15-9-5-4-8-13(15)11-17-14(16(19)20)10-12-6-2-1-3-7-12;1-2-4-6-5-3-1;/h1-9,11,14,18H,10H2,(H,19,20);6H,1-5H2;/q;;+2/p-2/t14-;;/m0../s1. The van der Waals surface area contributed by atoms with Gasteiger partial charge in [0.2, 0.25) is 0 Å². The van der Waals surface area contributed by atoms with Gasteiger partial charge in [-0.2, -0.15) is 0 Å². The van der Waals surface area contributed by atoms with Crippen LogP contribution in [-0.2, 0) is 28.3 Å². The third kappa shape index (κ3) is 8.87. The monoisotopic (exact) mass is 415 g/mol. The van der Waals surface area contributed by atoms with E-state index in [0.29, 0.717) is 5.56 Å². The van der Waals surface area contributed by atoms with Crippen molar-refractivity contribution >= 4 is 12.2 Å². The Bertz CT molecular complexity index is 692. The number of nitrogens with one attached hydrogen (secondary N) is 1. The van der Waals surface area contributed by atoms with Gasteiger partial charge in [0.25, 0.3) is 0 Å². The quantitative estimate of drug-likeness (QED) is 0.588. The number of rotatable bonds is 5. The summed E-state index contributed by atoms with van der Waals surface area (Å²) in [5.74, 6) is -1.44. The van der Waals surface area contributed by atoms with Crippen molar-refractivity contribution in [1.29, 1.82) is 0 Å². The number of aliphatic carboxylic acids is 1. The van der Waals surface area contributed by atoms with Crippen LogP contribution in [0.2, 0.25) is 0 Å². The van der Waals surface area contributed by atoms with Gasteiger partial charge in [-0.1, -0.05) is 61.0 Å². The number of carboxylic acids is 1. The molecule has 3 rings (SSSR count). The average molecular weight is 416 g/mol. The molecule has 0 aliphatic carbocycles. The molecule has 6 heteroatoms. The third-order valence-corrected chi connectivity index (χ3v) is 4.06. The normalized spacial score (nSPS) is 14.5. The van der Waals surface area contributed by atoms with Crippen molar-refractivity contribution in [2.24, 2.45) is 4.99 Å². The molecule has 1 saturated heterocycles. The molecule has 5 nitrogen and oxygen atoms in total. The number of carbonyl (C=O) groups is 1. The molecule has 27 heavy (non-hydrogen) atoms. The molecule has 0 aromatic heterocycles. The van der Waals surface area contributed by atoms with Crippen LogP contribution in [0.4, 0.5) is 0 Å². The van der Waals surface area contributed by atoms with Crippen LogP contribution in [-0.4, -0.2) is 31.3 Å². The molecular formula is C21H24CuN2O3. The van der Waals surface area contributed by atoms with Crippen molar-refractivity contribution in [1.82, 2.24) is 5.32 Å². The van der Waals surface area contributed by atoms with Gasteiger partial charge in [0.15, 0.2) is 0 Å². The van der Waals surface area contributed by atoms with Gasteiger partial charge in [-0.3, -0.25) is 4.99 Å². The van der Waals surface area contributed by atoms with Crippen molar-refractivity contribution < 1.29 is 32.1 Å². The summed E-state index contributed by atoms with van der Waals surface area (Å²) in [5.41, 5.74) is 1.22. The number of carboxylic acid groups (broad SMARTS) is 1. The molecule has 1 aliphatic heterocycles. The zero-order valence-corrected chi connectivity index (χ0v) is 16.0. The summed E-state index contributed by atoms with van der Waals surface area (Å²) < 4.78 is 0. The number of hydrogen-bond donors (Lipinski definition) is 1. The maximum atomic E-state index is 11.5. The maximum Gasteiger partial charge on any atom is 2.00 e. The smallest absolute Gasteiger partial charge is 0.872 e. The third-order valence-electron chi connectivity index (χ3n) is 4.06. The van der Waals surface area contributed by atoms with Crippen LogP contribution in [0.25, 0.3) is 0 Å². The van der Waals surface area contributed by atoms with Crippen molar-refractivity contribution in [3.8, 4) is 5.75 Å². The van der Waals surface area contributed by atoms with Gasteiger partial charge in [0, 0.05) is 12.6 Å². The second kappa shape index (κ2) is 13.1. The Morgan fingerprint density at radius 3 is 2.19 bits per heavy atom. The van der Waals surface area contributed by atoms with Gasteiger partial charge >= 0.3 is 17.1 Å². The number of carbonyl (C=O) groups excluding carboxylic acids is 1. The second-order valence-electron chi connectivity index (χ2n) is 6.15. The topological polar surface area (TPSA) is 87.6 Å². The molecule has 0 spiro atoms. The first-order valence-electron chi connectivity index (χ1n) is 8.91. The van der Waals surface area contributed by atoms with E-state index in [-0.39, 0.29) is 29.2 Å². The van der Waals surface area contributed by atoms with E-state index in [1.54, 1.807) is 18.2 Å². The minimum Gasteiger partial charge on any atom is -0.872 e. The van der Waals surface area contributed by atoms with E-state index in [1.165, 1.54) is 44.6 Å². The Kier molecular flexibility index (Phi) is 11.1. The van der Waals surface area contributed by atoms with Crippen LogP contribution in [0.5, 0.6) is 5.75 Å². The minimum atomic E-state index is -1.26. The van der Waals surface area contributed by atoms with Gasteiger partial charge in [-0.05, 0) is 37.1 Å². The van der Waals surface area contributed by atoms with Crippen molar-refractivity contribution in [2.45, 2.75) is 31.7 Å². The minimum absolute atomic E-state index is 0. The van der Waals surface area contributed by atoms with Crippen molar-refractivity contribution in [3.05, 3.63) is 65.7 Å². The largest absolute Gasteiger partial charge is 2.00 e. The van der Waals surface area contributed by atoms with Crippen LogP contribution in [0.15, 0.2) is 59.6 Å². The molecule has 1 N–H and O–H groups in total.